The largest absolute Gasteiger partial charge is 0.312 e. The molecule has 126 valence electrons. The van der Waals surface area contributed by atoms with E-state index in [9.17, 15) is 4.79 Å². The molecule has 0 aromatic heterocycles. The number of amides is 1. The summed E-state index contributed by atoms with van der Waals surface area (Å²) < 4.78 is 0. The van der Waals surface area contributed by atoms with Gasteiger partial charge in [0.1, 0.15) is 0 Å². The Kier molecular flexibility index (Phi) is 5.31. The van der Waals surface area contributed by atoms with Crippen LogP contribution in [0.3, 0.4) is 0 Å². The van der Waals surface area contributed by atoms with Gasteiger partial charge < -0.3 is 4.90 Å². The van der Waals surface area contributed by atoms with Gasteiger partial charge in [-0.3, -0.25) is 9.69 Å². The van der Waals surface area contributed by atoms with Gasteiger partial charge in [0.25, 0.3) is 0 Å². The molecule has 0 aliphatic carbocycles. The van der Waals surface area contributed by atoms with Gasteiger partial charge in [-0.2, -0.15) is 0 Å². The van der Waals surface area contributed by atoms with E-state index in [1.54, 1.807) is 0 Å². The second kappa shape index (κ2) is 7.63. The van der Waals surface area contributed by atoms with Gasteiger partial charge in [-0.25, -0.2) is 0 Å². The lowest BCUT2D eigenvalue weighted by molar-refractivity contribution is -0.118. The van der Waals surface area contributed by atoms with Gasteiger partial charge in [-0.1, -0.05) is 55.0 Å². The molecule has 0 radical (unpaired) electrons. The van der Waals surface area contributed by atoms with Crippen molar-refractivity contribution in [3.63, 3.8) is 0 Å². The second-order valence-corrected chi connectivity index (χ2v) is 6.53. The highest BCUT2D eigenvalue weighted by Gasteiger charge is 2.24. The molecule has 1 amide bonds. The molecule has 0 N–H and O–H groups in total. The molecule has 3 rings (SSSR count). The number of aryl methyl sites for hydroxylation is 1. The summed E-state index contributed by atoms with van der Waals surface area (Å²) in [5, 5.41) is 0. The number of hydrogen-bond donors (Lipinski definition) is 0. The molecule has 0 unspecified atom stereocenters. The van der Waals surface area contributed by atoms with Crippen molar-refractivity contribution < 1.29 is 4.79 Å². The molecule has 0 bridgehead atoms. The van der Waals surface area contributed by atoms with Gasteiger partial charge in [0.05, 0.1) is 0 Å². The smallest absolute Gasteiger partial charge is 0.228 e. The molecule has 3 heteroatoms. The maximum atomic E-state index is 12.6. The number of nitrogens with zero attached hydrogens (tertiary/aromatic N) is 2. The van der Waals surface area contributed by atoms with Crippen LogP contribution in [-0.4, -0.2) is 30.4 Å². The van der Waals surface area contributed by atoms with Gasteiger partial charge in [0, 0.05) is 31.7 Å². The van der Waals surface area contributed by atoms with E-state index in [0.717, 1.165) is 38.3 Å². The quantitative estimate of drug-likeness (QED) is 0.808. The molecule has 0 saturated carbocycles. The Bertz CT molecular complexity index is 710. The van der Waals surface area contributed by atoms with E-state index in [1.807, 2.05) is 17.0 Å². The van der Waals surface area contributed by atoms with Crippen LogP contribution in [-0.2, 0) is 17.8 Å². The lowest BCUT2D eigenvalue weighted by Crippen LogP contribution is -2.33. The molecular weight excluding hydrogens is 296 g/mol. The topological polar surface area (TPSA) is 23.6 Å². The van der Waals surface area contributed by atoms with Gasteiger partial charge in [-0.05, 0) is 37.1 Å². The Balaban J connectivity index is 1.57. The number of para-hydroxylation sites is 1. The number of carbonyl (C=O) groups is 1. The summed E-state index contributed by atoms with van der Waals surface area (Å²) in [5.74, 6) is 0.239. The van der Waals surface area contributed by atoms with E-state index < -0.39 is 0 Å². The van der Waals surface area contributed by atoms with Crippen LogP contribution in [0.5, 0.6) is 0 Å². The van der Waals surface area contributed by atoms with Crippen molar-refractivity contribution >= 4 is 11.6 Å². The molecule has 0 atom stereocenters. The Labute approximate surface area is 144 Å². The van der Waals surface area contributed by atoms with Gasteiger partial charge >= 0.3 is 0 Å². The molecule has 0 spiro atoms. The van der Waals surface area contributed by atoms with Crippen LogP contribution in [0.1, 0.15) is 30.0 Å². The molecule has 1 aliphatic heterocycles. The molecule has 24 heavy (non-hydrogen) atoms. The normalized spacial score (nSPS) is 13.4. The van der Waals surface area contributed by atoms with Crippen molar-refractivity contribution in [3.8, 4) is 0 Å². The lowest BCUT2D eigenvalue weighted by atomic mass is 10.1. The Hall–Kier alpha value is -2.13. The van der Waals surface area contributed by atoms with E-state index >= 15 is 0 Å². The fraction of sp³-hybridized carbons (Fsp3) is 0.381. The highest BCUT2D eigenvalue weighted by molar-refractivity contribution is 5.95. The molecule has 2 aromatic rings. The molecule has 0 saturated heterocycles. The minimum atomic E-state index is 0.239. The standard InChI is InChI=1S/C21H26N2O/c1-3-22(16-18-8-6-7-17(2)15-18)13-12-21(24)23-14-11-19-9-4-5-10-20(19)23/h4-10,15H,3,11-14,16H2,1-2H3. The molecule has 0 fully saturated rings. The molecule has 2 aromatic carbocycles. The van der Waals surface area contributed by atoms with Crippen LogP contribution >= 0.6 is 0 Å². The van der Waals surface area contributed by atoms with Crippen LogP contribution < -0.4 is 4.90 Å². The Morgan fingerprint density at radius 1 is 1.17 bits per heavy atom. The monoisotopic (exact) mass is 322 g/mol. The molecular formula is C21H26N2O. The van der Waals surface area contributed by atoms with Crippen molar-refractivity contribution in [1.82, 2.24) is 4.90 Å². The van der Waals surface area contributed by atoms with Crippen molar-refractivity contribution in [2.45, 2.75) is 33.2 Å². The average molecular weight is 322 g/mol. The summed E-state index contributed by atoms with van der Waals surface area (Å²) in [7, 11) is 0. The summed E-state index contributed by atoms with van der Waals surface area (Å²) in [6.07, 6.45) is 1.55. The first-order valence-electron chi connectivity index (χ1n) is 8.83. The number of hydrogen-bond acceptors (Lipinski definition) is 2. The fourth-order valence-corrected chi connectivity index (χ4v) is 3.40. The highest BCUT2D eigenvalue weighted by atomic mass is 16.2. The van der Waals surface area contributed by atoms with E-state index in [0.29, 0.717) is 6.42 Å². The van der Waals surface area contributed by atoms with Crippen LogP contribution in [0.2, 0.25) is 0 Å². The predicted molar refractivity (Wildman–Crippen MR) is 99.2 cm³/mol. The maximum absolute atomic E-state index is 12.6. The zero-order chi connectivity index (χ0) is 16.9. The number of fused-ring (bicyclic) bond motifs is 1. The maximum Gasteiger partial charge on any atom is 0.228 e. The highest BCUT2D eigenvalue weighted by Crippen LogP contribution is 2.27. The number of anilines is 1. The minimum absolute atomic E-state index is 0.239. The van der Waals surface area contributed by atoms with Crippen molar-refractivity contribution in [2.75, 3.05) is 24.5 Å². The SMILES string of the molecule is CCN(CCC(=O)N1CCc2ccccc21)Cc1cccc(C)c1. The number of benzene rings is 2. The fourth-order valence-electron chi connectivity index (χ4n) is 3.40. The summed E-state index contributed by atoms with van der Waals surface area (Å²) >= 11 is 0. The van der Waals surface area contributed by atoms with Crippen LogP contribution in [0.15, 0.2) is 48.5 Å². The summed E-state index contributed by atoms with van der Waals surface area (Å²) in [6.45, 7) is 7.77. The van der Waals surface area contributed by atoms with E-state index in [4.69, 9.17) is 0 Å². The third-order valence-electron chi connectivity index (χ3n) is 4.77. The third-order valence-corrected chi connectivity index (χ3v) is 4.77. The van der Waals surface area contributed by atoms with Crippen molar-refractivity contribution in [1.29, 1.82) is 0 Å². The van der Waals surface area contributed by atoms with Gasteiger partial charge in [-0.15, -0.1) is 0 Å². The minimum Gasteiger partial charge on any atom is -0.312 e. The first-order valence-corrected chi connectivity index (χ1v) is 8.83. The zero-order valence-corrected chi connectivity index (χ0v) is 14.7. The summed E-state index contributed by atoms with van der Waals surface area (Å²) in [4.78, 5) is 16.9. The van der Waals surface area contributed by atoms with Gasteiger partial charge in [0.2, 0.25) is 5.91 Å². The summed E-state index contributed by atoms with van der Waals surface area (Å²) in [6, 6.07) is 16.9. The van der Waals surface area contributed by atoms with Gasteiger partial charge in [0.15, 0.2) is 0 Å². The average Bonchev–Trinajstić information content (AvgIpc) is 3.02. The van der Waals surface area contributed by atoms with E-state index in [1.165, 1.54) is 16.7 Å². The second-order valence-electron chi connectivity index (χ2n) is 6.53. The van der Waals surface area contributed by atoms with E-state index in [-0.39, 0.29) is 5.91 Å². The number of rotatable bonds is 6. The lowest BCUT2D eigenvalue weighted by Gasteiger charge is -2.23. The third kappa shape index (κ3) is 3.85. The molecule has 1 aliphatic rings. The zero-order valence-electron chi connectivity index (χ0n) is 14.7. The first kappa shape index (κ1) is 16.7. The molecule has 3 nitrogen and oxygen atoms in total. The van der Waals surface area contributed by atoms with Crippen LogP contribution in [0, 0.1) is 6.92 Å². The van der Waals surface area contributed by atoms with Crippen LogP contribution in [0.25, 0.3) is 0 Å². The Morgan fingerprint density at radius 3 is 2.79 bits per heavy atom. The predicted octanol–water partition coefficient (Wildman–Crippen LogP) is 3.80. The van der Waals surface area contributed by atoms with Crippen molar-refractivity contribution in [3.05, 3.63) is 65.2 Å². The summed E-state index contributed by atoms with van der Waals surface area (Å²) in [5.41, 5.74) is 4.99. The van der Waals surface area contributed by atoms with Crippen LogP contribution in [0.4, 0.5) is 5.69 Å². The Morgan fingerprint density at radius 2 is 2.00 bits per heavy atom. The van der Waals surface area contributed by atoms with E-state index in [2.05, 4.69) is 55.1 Å². The first-order chi connectivity index (χ1) is 11.7. The van der Waals surface area contributed by atoms with Crippen molar-refractivity contribution in [2.24, 2.45) is 0 Å². The molecule has 1 heterocycles. The number of carbonyl (C=O) groups excluding carboxylic acids is 1.